The summed E-state index contributed by atoms with van der Waals surface area (Å²) in [5, 5.41) is 0. The van der Waals surface area contributed by atoms with Crippen LogP contribution in [0.5, 0.6) is 0 Å². The summed E-state index contributed by atoms with van der Waals surface area (Å²) in [6.07, 6.45) is 1.86. The first-order valence-electron chi connectivity index (χ1n) is 2.17. The number of hydrogen-bond donors (Lipinski definition) is 1. The van der Waals surface area contributed by atoms with Crippen molar-refractivity contribution < 1.29 is 13.0 Å². The maximum Gasteiger partial charge on any atom is 0.265 e. The lowest BCUT2D eigenvalue weighted by atomic mass is 11.0. The van der Waals surface area contributed by atoms with E-state index in [0.29, 0.717) is 5.75 Å². The average Bonchev–Trinajstić information content (AvgIpc) is 1.63. The minimum Gasteiger partial charge on any atom is -0.286 e. The van der Waals surface area contributed by atoms with E-state index in [4.69, 9.17) is 4.55 Å². The van der Waals surface area contributed by atoms with Gasteiger partial charge < -0.3 is 0 Å². The van der Waals surface area contributed by atoms with Gasteiger partial charge in [0.2, 0.25) is 0 Å². The lowest BCUT2D eigenvalue weighted by Crippen LogP contribution is -2.04. The van der Waals surface area contributed by atoms with Crippen LogP contribution in [0.25, 0.3) is 0 Å². The van der Waals surface area contributed by atoms with Gasteiger partial charge in [0.15, 0.2) is 0 Å². The van der Waals surface area contributed by atoms with Crippen molar-refractivity contribution in [2.45, 2.75) is 0 Å². The molecule has 0 fully saturated rings. The minimum absolute atomic E-state index is 0.154. The molecule has 0 aliphatic carbocycles. The third-order valence-corrected chi connectivity index (χ3v) is 3.33. The van der Waals surface area contributed by atoms with Crippen LogP contribution in [-0.2, 0) is 10.1 Å². The van der Waals surface area contributed by atoms with Crippen molar-refractivity contribution in [3.05, 3.63) is 0 Å². The van der Waals surface area contributed by atoms with E-state index in [2.05, 4.69) is 0 Å². The molecule has 0 heterocycles. The molecule has 0 atom stereocenters. The van der Waals surface area contributed by atoms with E-state index in [-0.39, 0.29) is 5.75 Å². The van der Waals surface area contributed by atoms with Crippen LogP contribution in [0, 0.1) is 0 Å². The van der Waals surface area contributed by atoms with E-state index in [1.165, 1.54) is 21.6 Å². The second kappa shape index (κ2) is 4.43. The summed E-state index contributed by atoms with van der Waals surface area (Å²) in [6, 6.07) is 0. The Kier molecular flexibility index (Phi) is 4.73. The first-order chi connectivity index (χ1) is 4.06. The first kappa shape index (κ1) is 9.61. The largest absolute Gasteiger partial charge is 0.286 e. The van der Waals surface area contributed by atoms with E-state index in [1.54, 1.807) is 0 Å². The molecule has 1 N–H and O–H groups in total. The molecule has 0 aromatic rings. The highest BCUT2D eigenvalue weighted by Gasteiger charge is 2.01. The van der Waals surface area contributed by atoms with Gasteiger partial charge in [-0.2, -0.15) is 8.42 Å². The van der Waals surface area contributed by atoms with Gasteiger partial charge in [-0.25, -0.2) is 0 Å². The van der Waals surface area contributed by atoms with Crippen molar-refractivity contribution >= 4 is 31.7 Å². The van der Waals surface area contributed by atoms with Crippen LogP contribution in [0.2, 0.25) is 0 Å². The van der Waals surface area contributed by atoms with Gasteiger partial charge in [0.25, 0.3) is 10.1 Å². The molecule has 0 unspecified atom stereocenters. The van der Waals surface area contributed by atoms with Crippen LogP contribution in [0.4, 0.5) is 0 Å². The van der Waals surface area contributed by atoms with Gasteiger partial charge in [0.05, 0.1) is 5.75 Å². The zero-order valence-corrected chi connectivity index (χ0v) is 7.35. The standard InChI is InChI=1S/C3H8O3S3/c1-7-8-2-3-9(4,5)6/h2-3H2,1H3,(H,4,5,6). The molecule has 0 aromatic heterocycles. The molecule has 0 radical (unpaired) electrons. The highest BCUT2D eigenvalue weighted by Crippen LogP contribution is 2.15. The molecule has 0 amide bonds. The molecular formula is C3H8O3S3. The van der Waals surface area contributed by atoms with Crippen molar-refractivity contribution in [3.63, 3.8) is 0 Å². The van der Waals surface area contributed by atoms with Crippen molar-refractivity contribution in [1.82, 2.24) is 0 Å². The second-order valence-electron chi connectivity index (χ2n) is 1.27. The van der Waals surface area contributed by atoms with Crippen molar-refractivity contribution in [2.24, 2.45) is 0 Å². The fraction of sp³-hybridized carbons (Fsp3) is 1.00. The van der Waals surface area contributed by atoms with Crippen LogP contribution >= 0.6 is 21.6 Å². The quantitative estimate of drug-likeness (QED) is 0.403. The van der Waals surface area contributed by atoms with E-state index in [0.717, 1.165) is 0 Å². The summed E-state index contributed by atoms with van der Waals surface area (Å²) in [6.45, 7) is 0. The molecule has 0 bridgehead atoms. The summed E-state index contributed by atoms with van der Waals surface area (Å²) in [5.74, 6) is 0.290. The zero-order valence-electron chi connectivity index (χ0n) is 4.90. The van der Waals surface area contributed by atoms with Gasteiger partial charge in [-0.05, 0) is 6.26 Å². The van der Waals surface area contributed by atoms with Crippen molar-refractivity contribution in [3.8, 4) is 0 Å². The Bertz CT molecular complexity index is 150. The van der Waals surface area contributed by atoms with Crippen LogP contribution in [-0.4, -0.2) is 30.7 Å². The van der Waals surface area contributed by atoms with Crippen LogP contribution in [0.1, 0.15) is 0 Å². The minimum atomic E-state index is -3.73. The SMILES string of the molecule is CSSCCS(=O)(=O)O. The summed E-state index contributed by atoms with van der Waals surface area (Å²) >= 11 is 0. The zero-order chi connectivity index (χ0) is 7.33. The van der Waals surface area contributed by atoms with E-state index in [9.17, 15) is 8.42 Å². The first-order valence-corrected chi connectivity index (χ1v) is 6.50. The molecule has 0 spiro atoms. The fourth-order valence-electron chi connectivity index (χ4n) is 0.223. The topological polar surface area (TPSA) is 54.4 Å². The molecule has 9 heavy (non-hydrogen) atoms. The van der Waals surface area contributed by atoms with Gasteiger partial charge in [-0.1, -0.05) is 21.6 Å². The maximum absolute atomic E-state index is 10.0. The lowest BCUT2D eigenvalue weighted by molar-refractivity contribution is 0.485. The molecule has 3 nitrogen and oxygen atoms in total. The third-order valence-electron chi connectivity index (χ3n) is 0.542. The van der Waals surface area contributed by atoms with Crippen LogP contribution in [0.3, 0.4) is 0 Å². The molecule has 0 saturated carbocycles. The Morgan fingerprint density at radius 2 is 2.11 bits per heavy atom. The third kappa shape index (κ3) is 8.61. The summed E-state index contributed by atoms with van der Waals surface area (Å²) in [5.41, 5.74) is 0. The Morgan fingerprint density at radius 1 is 1.56 bits per heavy atom. The summed E-state index contributed by atoms with van der Waals surface area (Å²) in [7, 11) is -0.835. The van der Waals surface area contributed by atoms with Gasteiger partial charge >= 0.3 is 0 Å². The normalized spacial score (nSPS) is 11.8. The van der Waals surface area contributed by atoms with Gasteiger partial charge in [-0.15, -0.1) is 0 Å². The fourth-order valence-corrected chi connectivity index (χ4v) is 2.62. The molecule has 0 aliphatic heterocycles. The number of hydrogen-bond acceptors (Lipinski definition) is 4. The molecule has 56 valence electrons. The molecule has 0 saturated heterocycles. The van der Waals surface area contributed by atoms with E-state index in [1.807, 2.05) is 6.26 Å². The van der Waals surface area contributed by atoms with Gasteiger partial charge in [0.1, 0.15) is 0 Å². The number of rotatable bonds is 4. The second-order valence-corrected chi connectivity index (χ2v) is 5.53. The summed E-state index contributed by atoms with van der Waals surface area (Å²) in [4.78, 5) is 0. The molecule has 0 rings (SSSR count). The Labute approximate surface area is 62.7 Å². The van der Waals surface area contributed by atoms with Crippen LogP contribution < -0.4 is 0 Å². The lowest BCUT2D eigenvalue weighted by Gasteiger charge is -1.92. The van der Waals surface area contributed by atoms with E-state index < -0.39 is 10.1 Å². The predicted molar refractivity (Wildman–Crippen MR) is 42.4 cm³/mol. The van der Waals surface area contributed by atoms with Crippen molar-refractivity contribution in [2.75, 3.05) is 17.8 Å². The van der Waals surface area contributed by atoms with Crippen molar-refractivity contribution in [1.29, 1.82) is 0 Å². The smallest absolute Gasteiger partial charge is 0.265 e. The molecule has 6 heteroatoms. The van der Waals surface area contributed by atoms with Gasteiger partial charge in [0, 0.05) is 5.75 Å². The predicted octanol–water partition coefficient (Wildman–Crippen LogP) is 0.885. The highest BCUT2D eigenvalue weighted by atomic mass is 33.1. The average molecular weight is 188 g/mol. The Hall–Kier alpha value is 0.610. The van der Waals surface area contributed by atoms with Gasteiger partial charge in [-0.3, -0.25) is 4.55 Å². The molecule has 0 aromatic carbocycles. The monoisotopic (exact) mass is 188 g/mol. The van der Waals surface area contributed by atoms with E-state index >= 15 is 0 Å². The molecule has 0 aliphatic rings. The Balaban J connectivity index is 3.30. The molecular weight excluding hydrogens is 180 g/mol. The Morgan fingerprint density at radius 3 is 2.44 bits per heavy atom. The maximum atomic E-state index is 10.0. The summed E-state index contributed by atoms with van der Waals surface area (Å²) < 4.78 is 28.3. The van der Waals surface area contributed by atoms with Crippen LogP contribution in [0.15, 0.2) is 0 Å². The highest BCUT2D eigenvalue weighted by molar-refractivity contribution is 8.76.